The largest absolute Gasteiger partial charge is 0.573 e. The zero-order valence-corrected chi connectivity index (χ0v) is 17.7. The van der Waals surface area contributed by atoms with Crippen LogP contribution in [0.1, 0.15) is 26.4 Å². The second-order valence-electron chi connectivity index (χ2n) is 6.78. The first-order valence-electron chi connectivity index (χ1n) is 9.46. The van der Waals surface area contributed by atoms with E-state index in [0.29, 0.717) is 0 Å². The number of ether oxygens (including phenoxy) is 3. The van der Waals surface area contributed by atoms with Crippen molar-refractivity contribution >= 4 is 17.5 Å². The molecular formula is C22H17F4N3O5. The summed E-state index contributed by atoms with van der Waals surface area (Å²) in [5, 5.41) is 2.43. The zero-order valence-electron chi connectivity index (χ0n) is 17.7. The molecule has 1 aromatic heterocycles. The molecule has 0 unspecified atom stereocenters. The molecule has 2 aromatic carbocycles. The Morgan fingerprint density at radius 3 is 2.32 bits per heavy atom. The van der Waals surface area contributed by atoms with Gasteiger partial charge >= 0.3 is 6.36 Å². The van der Waals surface area contributed by atoms with Gasteiger partial charge in [-0.15, -0.1) is 13.2 Å². The summed E-state index contributed by atoms with van der Waals surface area (Å²) in [5.74, 6) is -3.59. The maximum absolute atomic E-state index is 14.9. The van der Waals surface area contributed by atoms with Gasteiger partial charge in [0.25, 0.3) is 11.8 Å². The molecule has 0 radical (unpaired) electrons. The average Bonchev–Trinajstić information content (AvgIpc) is 2.76. The number of methoxy groups -OCH3 is 1. The number of rotatable bonds is 7. The van der Waals surface area contributed by atoms with Crippen LogP contribution in [0.4, 0.5) is 23.2 Å². The lowest BCUT2D eigenvalue weighted by Gasteiger charge is -2.16. The van der Waals surface area contributed by atoms with E-state index in [1.54, 1.807) is 0 Å². The molecule has 178 valence electrons. The number of carbonyl (C=O) groups excluding carboxylic acids is 2. The van der Waals surface area contributed by atoms with E-state index in [0.717, 1.165) is 24.4 Å². The minimum atomic E-state index is -4.91. The Kier molecular flexibility index (Phi) is 6.89. The number of amides is 2. The number of halogens is 4. The summed E-state index contributed by atoms with van der Waals surface area (Å²) < 4.78 is 66.9. The fourth-order valence-electron chi connectivity index (χ4n) is 2.81. The van der Waals surface area contributed by atoms with Gasteiger partial charge in [0.1, 0.15) is 28.6 Å². The summed E-state index contributed by atoms with van der Waals surface area (Å²) in [7, 11) is 1.19. The first kappa shape index (κ1) is 24.3. The highest BCUT2D eigenvalue weighted by atomic mass is 19.4. The van der Waals surface area contributed by atoms with E-state index in [1.807, 2.05) is 0 Å². The molecule has 34 heavy (non-hydrogen) atoms. The van der Waals surface area contributed by atoms with Crippen LogP contribution in [0.15, 0.2) is 48.7 Å². The number of aromatic nitrogens is 1. The van der Waals surface area contributed by atoms with Crippen LogP contribution in [0, 0.1) is 12.7 Å². The summed E-state index contributed by atoms with van der Waals surface area (Å²) in [6.07, 6.45) is -3.75. The lowest BCUT2D eigenvalue weighted by atomic mass is 10.1. The SMILES string of the molecule is COc1cc(OC(F)(F)F)ccc1Oc1ccc(C)c(F)c1C(=O)Nc1ccc(C(N)=O)nc1. The summed E-state index contributed by atoms with van der Waals surface area (Å²) in [5.41, 5.74) is 4.90. The lowest BCUT2D eigenvalue weighted by molar-refractivity contribution is -0.274. The Bertz CT molecular complexity index is 1230. The van der Waals surface area contributed by atoms with Crippen molar-refractivity contribution in [1.82, 2.24) is 4.98 Å². The predicted octanol–water partition coefficient (Wildman–Crippen LogP) is 4.58. The van der Waals surface area contributed by atoms with Crippen LogP contribution < -0.4 is 25.3 Å². The van der Waals surface area contributed by atoms with E-state index in [4.69, 9.17) is 15.2 Å². The first-order chi connectivity index (χ1) is 16.0. The van der Waals surface area contributed by atoms with Gasteiger partial charge in [0.2, 0.25) is 0 Å². The topological polar surface area (TPSA) is 113 Å². The number of alkyl halides is 3. The molecule has 2 amide bonds. The summed E-state index contributed by atoms with van der Waals surface area (Å²) in [6.45, 7) is 1.43. The summed E-state index contributed by atoms with van der Waals surface area (Å²) >= 11 is 0. The molecule has 0 spiro atoms. The van der Waals surface area contributed by atoms with Gasteiger partial charge < -0.3 is 25.3 Å². The normalized spacial score (nSPS) is 11.0. The van der Waals surface area contributed by atoms with E-state index in [2.05, 4.69) is 15.0 Å². The fourth-order valence-corrected chi connectivity index (χ4v) is 2.81. The van der Waals surface area contributed by atoms with Crippen LogP contribution in [-0.4, -0.2) is 30.3 Å². The van der Waals surface area contributed by atoms with Crippen LogP contribution in [0.25, 0.3) is 0 Å². The third kappa shape index (κ3) is 5.71. The van der Waals surface area contributed by atoms with E-state index in [-0.39, 0.29) is 34.2 Å². The predicted molar refractivity (Wildman–Crippen MR) is 112 cm³/mol. The Hall–Kier alpha value is -4.35. The molecule has 0 saturated heterocycles. The summed E-state index contributed by atoms with van der Waals surface area (Å²) in [4.78, 5) is 27.8. The van der Waals surface area contributed by atoms with E-state index >= 15 is 0 Å². The van der Waals surface area contributed by atoms with Gasteiger partial charge in [0.05, 0.1) is 19.0 Å². The third-order valence-electron chi connectivity index (χ3n) is 4.39. The molecular weight excluding hydrogens is 462 g/mol. The standard InChI is InChI=1S/C22H17F4N3O5/c1-11-3-7-16(33-15-8-5-13(9-17(15)32-2)34-22(24,25)26)18(19(11)23)21(31)29-12-4-6-14(20(27)30)28-10-12/h3-10H,1-2H3,(H2,27,30)(H,29,31). The number of aryl methyl sites for hydroxylation is 1. The van der Waals surface area contributed by atoms with Gasteiger partial charge in [-0.1, -0.05) is 6.07 Å². The maximum atomic E-state index is 14.9. The molecule has 0 aliphatic carbocycles. The van der Waals surface area contributed by atoms with E-state index in [9.17, 15) is 27.2 Å². The van der Waals surface area contributed by atoms with Gasteiger partial charge in [0, 0.05) is 6.07 Å². The van der Waals surface area contributed by atoms with Crippen LogP contribution in [0.3, 0.4) is 0 Å². The number of primary amides is 1. The van der Waals surface area contributed by atoms with Crippen LogP contribution >= 0.6 is 0 Å². The van der Waals surface area contributed by atoms with Gasteiger partial charge in [0.15, 0.2) is 11.5 Å². The highest BCUT2D eigenvalue weighted by Gasteiger charge is 2.31. The highest BCUT2D eigenvalue weighted by molar-refractivity contribution is 6.06. The molecule has 0 atom stereocenters. The number of anilines is 1. The second kappa shape index (κ2) is 9.65. The second-order valence-corrected chi connectivity index (χ2v) is 6.78. The molecule has 0 saturated carbocycles. The molecule has 0 fully saturated rings. The minimum absolute atomic E-state index is 0.0335. The number of hydrogen-bond donors (Lipinski definition) is 2. The number of nitrogens with zero attached hydrogens (tertiary/aromatic N) is 1. The fraction of sp³-hybridized carbons (Fsp3) is 0.136. The molecule has 12 heteroatoms. The lowest BCUT2D eigenvalue weighted by Crippen LogP contribution is -2.17. The quantitative estimate of drug-likeness (QED) is 0.480. The van der Waals surface area contributed by atoms with Crippen molar-refractivity contribution in [2.75, 3.05) is 12.4 Å². The van der Waals surface area contributed by atoms with Crippen molar-refractivity contribution in [2.24, 2.45) is 5.73 Å². The van der Waals surface area contributed by atoms with Gasteiger partial charge in [-0.25, -0.2) is 9.37 Å². The number of pyridine rings is 1. The molecule has 1 heterocycles. The van der Waals surface area contributed by atoms with Crippen molar-refractivity contribution < 1.29 is 41.4 Å². The molecule has 3 aromatic rings. The van der Waals surface area contributed by atoms with E-state index in [1.165, 1.54) is 38.3 Å². The van der Waals surface area contributed by atoms with Crippen LogP contribution in [0.2, 0.25) is 0 Å². The number of nitrogens with one attached hydrogen (secondary N) is 1. The average molecular weight is 479 g/mol. The Labute approximate surface area is 190 Å². The van der Waals surface area contributed by atoms with Gasteiger partial charge in [-0.3, -0.25) is 9.59 Å². The Morgan fingerprint density at radius 2 is 1.74 bits per heavy atom. The van der Waals surface area contributed by atoms with Crippen molar-refractivity contribution in [3.05, 3.63) is 71.3 Å². The van der Waals surface area contributed by atoms with Crippen molar-refractivity contribution in [3.8, 4) is 23.0 Å². The number of hydrogen-bond acceptors (Lipinski definition) is 6. The van der Waals surface area contributed by atoms with Crippen LogP contribution in [0.5, 0.6) is 23.0 Å². The zero-order chi connectivity index (χ0) is 25.0. The van der Waals surface area contributed by atoms with Crippen molar-refractivity contribution in [2.45, 2.75) is 13.3 Å². The minimum Gasteiger partial charge on any atom is -0.493 e. The first-order valence-corrected chi connectivity index (χ1v) is 9.46. The number of nitrogens with two attached hydrogens (primary N) is 1. The highest BCUT2D eigenvalue weighted by Crippen LogP contribution is 2.38. The number of carbonyl (C=O) groups is 2. The molecule has 0 aliphatic rings. The molecule has 3 rings (SSSR count). The Balaban J connectivity index is 1.92. The monoisotopic (exact) mass is 479 g/mol. The number of benzene rings is 2. The summed E-state index contributed by atoms with van der Waals surface area (Å²) in [6, 6.07) is 8.32. The molecule has 8 nitrogen and oxygen atoms in total. The maximum Gasteiger partial charge on any atom is 0.573 e. The molecule has 3 N–H and O–H groups in total. The van der Waals surface area contributed by atoms with Crippen LogP contribution in [-0.2, 0) is 0 Å². The van der Waals surface area contributed by atoms with Crippen molar-refractivity contribution in [3.63, 3.8) is 0 Å². The molecule has 0 bridgehead atoms. The Morgan fingerprint density at radius 1 is 1.03 bits per heavy atom. The van der Waals surface area contributed by atoms with Crippen molar-refractivity contribution in [1.29, 1.82) is 0 Å². The smallest absolute Gasteiger partial charge is 0.493 e. The van der Waals surface area contributed by atoms with Gasteiger partial charge in [-0.2, -0.15) is 0 Å². The molecule has 0 aliphatic heterocycles. The third-order valence-corrected chi connectivity index (χ3v) is 4.39. The van der Waals surface area contributed by atoms with E-state index < -0.39 is 35.3 Å². The van der Waals surface area contributed by atoms with Gasteiger partial charge in [-0.05, 0) is 42.8 Å².